The lowest BCUT2D eigenvalue weighted by Gasteiger charge is -1.96. The molecule has 0 N–H and O–H groups in total. The van der Waals surface area contributed by atoms with Crippen LogP contribution >= 0.6 is 11.6 Å². The molecular formula is C7H4ClN3O. The van der Waals surface area contributed by atoms with E-state index >= 15 is 0 Å². The van der Waals surface area contributed by atoms with Crippen molar-refractivity contribution in [2.45, 2.75) is 0 Å². The molecule has 0 fully saturated rings. The summed E-state index contributed by atoms with van der Waals surface area (Å²) < 4.78 is 1.53. The predicted molar refractivity (Wildman–Crippen MR) is 43.4 cm³/mol. The van der Waals surface area contributed by atoms with E-state index in [0.29, 0.717) is 22.8 Å². The molecule has 0 aliphatic heterocycles. The summed E-state index contributed by atoms with van der Waals surface area (Å²) in [6.07, 6.45) is 5.16. The molecular weight excluding hydrogens is 178 g/mol. The molecule has 5 heteroatoms. The molecule has 0 spiro atoms. The number of hydrogen-bond acceptors (Lipinski definition) is 3. The molecule has 2 aromatic rings. The normalized spacial score (nSPS) is 10.4. The highest BCUT2D eigenvalue weighted by atomic mass is 35.5. The highest BCUT2D eigenvalue weighted by molar-refractivity contribution is 6.29. The molecule has 60 valence electrons. The summed E-state index contributed by atoms with van der Waals surface area (Å²) in [6, 6.07) is 0. The van der Waals surface area contributed by atoms with Gasteiger partial charge >= 0.3 is 0 Å². The minimum atomic E-state index is 0.382. The van der Waals surface area contributed by atoms with Crippen LogP contribution in [0, 0.1) is 0 Å². The maximum atomic E-state index is 10.5. The van der Waals surface area contributed by atoms with Crippen molar-refractivity contribution in [2.75, 3.05) is 0 Å². The molecule has 0 atom stereocenters. The predicted octanol–water partition coefficient (Wildman–Crippen LogP) is 1.20. The molecule has 12 heavy (non-hydrogen) atoms. The van der Waals surface area contributed by atoms with Gasteiger partial charge in [0, 0.05) is 0 Å². The largest absolute Gasteiger partial charge is 0.296 e. The lowest BCUT2D eigenvalue weighted by atomic mass is 10.5. The first-order valence-corrected chi connectivity index (χ1v) is 3.63. The Bertz CT molecular complexity index is 437. The standard InChI is InChI=1S/C7H4ClN3O/c8-6-2-9-3-7-10-1-5(4-12)11(6)7/h1-4H. The maximum absolute atomic E-state index is 10.5. The number of fused-ring (bicyclic) bond motifs is 1. The van der Waals surface area contributed by atoms with Crippen LogP contribution in [0.5, 0.6) is 0 Å². The second kappa shape index (κ2) is 2.57. The van der Waals surface area contributed by atoms with E-state index in [0.717, 1.165) is 0 Å². The second-order valence-electron chi connectivity index (χ2n) is 2.22. The van der Waals surface area contributed by atoms with Crippen LogP contribution in [0.2, 0.25) is 5.15 Å². The molecule has 4 nitrogen and oxygen atoms in total. The first-order chi connectivity index (χ1) is 5.83. The van der Waals surface area contributed by atoms with Crippen LogP contribution in [0.4, 0.5) is 0 Å². The van der Waals surface area contributed by atoms with Crippen molar-refractivity contribution >= 4 is 23.5 Å². The Kier molecular flexibility index (Phi) is 1.55. The Morgan fingerprint density at radius 2 is 2.25 bits per heavy atom. The molecule has 0 aromatic carbocycles. The number of hydrogen-bond donors (Lipinski definition) is 0. The zero-order valence-corrected chi connectivity index (χ0v) is 6.69. The average molecular weight is 182 g/mol. The summed E-state index contributed by atoms with van der Waals surface area (Å²) in [7, 11) is 0. The van der Waals surface area contributed by atoms with E-state index in [1.807, 2.05) is 0 Å². The van der Waals surface area contributed by atoms with Gasteiger partial charge in [-0.25, -0.2) is 4.98 Å². The van der Waals surface area contributed by atoms with Gasteiger partial charge in [-0.05, 0) is 0 Å². The van der Waals surface area contributed by atoms with E-state index in [1.165, 1.54) is 16.8 Å². The SMILES string of the molecule is O=Cc1cnc2cncc(Cl)n12. The van der Waals surface area contributed by atoms with Crippen molar-refractivity contribution in [3.05, 3.63) is 29.4 Å². The minimum absolute atomic E-state index is 0.382. The van der Waals surface area contributed by atoms with E-state index in [-0.39, 0.29) is 0 Å². The third kappa shape index (κ3) is 0.887. The Hall–Kier alpha value is -1.42. The molecule has 0 aliphatic carbocycles. The van der Waals surface area contributed by atoms with Crippen molar-refractivity contribution in [1.82, 2.24) is 14.4 Å². The third-order valence-electron chi connectivity index (χ3n) is 1.52. The van der Waals surface area contributed by atoms with Gasteiger partial charge in [0.25, 0.3) is 0 Å². The van der Waals surface area contributed by atoms with Gasteiger partial charge in [0.2, 0.25) is 0 Å². The molecule has 2 rings (SSSR count). The van der Waals surface area contributed by atoms with Crippen LogP contribution in [-0.2, 0) is 0 Å². The van der Waals surface area contributed by atoms with Crippen LogP contribution in [0.1, 0.15) is 10.5 Å². The van der Waals surface area contributed by atoms with Crippen LogP contribution in [0.25, 0.3) is 5.65 Å². The number of imidazole rings is 1. The maximum Gasteiger partial charge on any atom is 0.168 e. The Morgan fingerprint density at radius 3 is 3.00 bits per heavy atom. The summed E-state index contributed by atoms with van der Waals surface area (Å²) in [5.41, 5.74) is 1.00. The first kappa shape index (κ1) is 7.24. The smallest absolute Gasteiger partial charge is 0.168 e. The van der Waals surface area contributed by atoms with E-state index < -0.39 is 0 Å². The molecule has 0 saturated heterocycles. The summed E-state index contributed by atoms with van der Waals surface area (Å²) in [4.78, 5) is 18.3. The van der Waals surface area contributed by atoms with Gasteiger partial charge in [0.15, 0.2) is 11.9 Å². The number of nitrogens with zero attached hydrogens (tertiary/aromatic N) is 3. The Morgan fingerprint density at radius 1 is 1.42 bits per heavy atom. The monoisotopic (exact) mass is 181 g/mol. The molecule has 2 heterocycles. The Labute approximate surface area is 72.8 Å². The van der Waals surface area contributed by atoms with Gasteiger partial charge in [-0.2, -0.15) is 0 Å². The highest BCUT2D eigenvalue weighted by Gasteiger charge is 2.04. The topological polar surface area (TPSA) is 47.3 Å². The zero-order chi connectivity index (χ0) is 8.55. The summed E-state index contributed by atoms with van der Waals surface area (Å²) in [5, 5.41) is 0.382. The van der Waals surface area contributed by atoms with Gasteiger partial charge in [-0.3, -0.25) is 14.2 Å². The molecule has 0 unspecified atom stereocenters. The van der Waals surface area contributed by atoms with Crippen LogP contribution in [0.3, 0.4) is 0 Å². The number of carbonyl (C=O) groups excluding carboxylic acids is 1. The quantitative estimate of drug-likeness (QED) is 0.621. The van der Waals surface area contributed by atoms with Crippen molar-refractivity contribution in [2.24, 2.45) is 0 Å². The second-order valence-corrected chi connectivity index (χ2v) is 2.61. The number of aromatic nitrogens is 3. The van der Waals surface area contributed by atoms with Crippen LogP contribution in [-0.4, -0.2) is 20.7 Å². The summed E-state index contributed by atoms with van der Waals surface area (Å²) >= 11 is 5.78. The van der Waals surface area contributed by atoms with E-state index in [4.69, 9.17) is 11.6 Å². The number of carbonyl (C=O) groups is 1. The van der Waals surface area contributed by atoms with Crippen LogP contribution < -0.4 is 0 Å². The van der Waals surface area contributed by atoms with E-state index in [9.17, 15) is 4.79 Å². The number of rotatable bonds is 1. The third-order valence-corrected chi connectivity index (χ3v) is 1.79. The molecule has 0 saturated carbocycles. The molecule has 0 amide bonds. The van der Waals surface area contributed by atoms with Crippen LogP contribution in [0.15, 0.2) is 18.6 Å². The fourth-order valence-corrected chi connectivity index (χ4v) is 1.25. The van der Waals surface area contributed by atoms with Gasteiger partial charge in [0.05, 0.1) is 18.6 Å². The molecule has 0 aliphatic rings. The molecule has 0 bridgehead atoms. The molecule has 0 radical (unpaired) electrons. The van der Waals surface area contributed by atoms with Crippen molar-refractivity contribution in [3.63, 3.8) is 0 Å². The van der Waals surface area contributed by atoms with Crippen molar-refractivity contribution in [1.29, 1.82) is 0 Å². The Balaban J connectivity index is 2.91. The highest BCUT2D eigenvalue weighted by Crippen LogP contribution is 2.11. The van der Waals surface area contributed by atoms with Gasteiger partial charge in [0.1, 0.15) is 10.8 Å². The number of halogens is 1. The summed E-state index contributed by atoms with van der Waals surface area (Å²) in [6.45, 7) is 0. The lowest BCUT2D eigenvalue weighted by molar-refractivity contribution is 0.111. The average Bonchev–Trinajstić information content (AvgIpc) is 2.49. The molecule has 2 aromatic heterocycles. The fourth-order valence-electron chi connectivity index (χ4n) is 1.01. The van der Waals surface area contributed by atoms with Crippen molar-refractivity contribution < 1.29 is 4.79 Å². The fraction of sp³-hybridized carbons (Fsp3) is 0. The van der Waals surface area contributed by atoms with Gasteiger partial charge in [-0.1, -0.05) is 11.6 Å². The lowest BCUT2D eigenvalue weighted by Crippen LogP contribution is -1.92. The van der Waals surface area contributed by atoms with E-state index in [1.54, 1.807) is 6.20 Å². The van der Waals surface area contributed by atoms with Gasteiger partial charge in [-0.15, -0.1) is 0 Å². The van der Waals surface area contributed by atoms with E-state index in [2.05, 4.69) is 9.97 Å². The summed E-state index contributed by atoms with van der Waals surface area (Å²) in [5.74, 6) is 0. The van der Waals surface area contributed by atoms with Gasteiger partial charge < -0.3 is 0 Å². The first-order valence-electron chi connectivity index (χ1n) is 3.25. The minimum Gasteiger partial charge on any atom is -0.296 e. The van der Waals surface area contributed by atoms with Crippen molar-refractivity contribution in [3.8, 4) is 0 Å². The zero-order valence-electron chi connectivity index (χ0n) is 5.94. The number of aldehydes is 1.